The van der Waals surface area contributed by atoms with E-state index in [-0.39, 0.29) is 18.3 Å². The number of halogens is 2. The minimum absolute atomic E-state index is 0.215. The molecular weight excluding hydrogens is 362 g/mol. The highest BCUT2D eigenvalue weighted by atomic mass is 127. The number of benzene rings is 1. The van der Waals surface area contributed by atoms with Crippen LogP contribution < -0.4 is 5.32 Å². The highest BCUT2D eigenvalue weighted by molar-refractivity contribution is 14.1. The third-order valence-electron chi connectivity index (χ3n) is 2.53. The molecule has 0 radical (unpaired) electrons. The van der Waals surface area contributed by atoms with Crippen molar-refractivity contribution in [2.75, 3.05) is 0 Å². The summed E-state index contributed by atoms with van der Waals surface area (Å²) in [5.41, 5.74) is 0.435. The second-order valence-electron chi connectivity index (χ2n) is 3.88. The van der Waals surface area contributed by atoms with Crippen LogP contribution in [0.15, 0.2) is 28.8 Å². The molecule has 2 aromatic rings. The highest BCUT2D eigenvalue weighted by Crippen LogP contribution is 2.14. The normalized spacial score (nSPS) is 10.5. The Balaban J connectivity index is 2.01. The highest BCUT2D eigenvalue weighted by Gasteiger charge is 2.11. The number of rotatable bonds is 4. The molecule has 1 amide bonds. The Morgan fingerprint density at radius 1 is 1.53 bits per heavy atom. The quantitative estimate of drug-likeness (QED) is 0.838. The van der Waals surface area contributed by atoms with Crippen LogP contribution >= 0.6 is 22.6 Å². The molecule has 0 atom stereocenters. The molecule has 0 bridgehead atoms. The number of aryl methyl sites for hydroxylation is 1. The number of hydrogen-bond donors (Lipinski definition) is 1. The minimum atomic E-state index is -0.360. The van der Waals surface area contributed by atoms with Crippen LogP contribution in [0.4, 0.5) is 4.39 Å². The van der Waals surface area contributed by atoms with Crippen molar-refractivity contribution in [3.05, 3.63) is 51.0 Å². The molecule has 1 aromatic carbocycles. The van der Waals surface area contributed by atoms with Crippen LogP contribution in [0.2, 0.25) is 0 Å². The standard InChI is InChI=1S/C13H12FIN2O2/c1-2-9-6-16-12(19-9)7-17-13(18)10-4-3-8(14)5-11(10)15/h3-6H,2,7H2,1H3,(H,17,18). The molecule has 0 aliphatic heterocycles. The summed E-state index contributed by atoms with van der Waals surface area (Å²) in [6, 6.07) is 4.03. The zero-order valence-corrected chi connectivity index (χ0v) is 12.4. The van der Waals surface area contributed by atoms with Crippen molar-refractivity contribution < 1.29 is 13.6 Å². The van der Waals surface area contributed by atoms with E-state index < -0.39 is 0 Å². The largest absolute Gasteiger partial charge is 0.444 e. The molecule has 6 heteroatoms. The summed E-state index contributed by atoms with van der Waals surface area (Å²) in [5.74, 6) is 0.602. The van der Waals surface area contributed by atoms with Crippen molar-refractivity contribution in [3.8, 4) is 0 Å². The topological polar surface area (TPSA) is 55.1 Å². The first-order valence-corrected chi connectivity index (χ1v) is 6.85. The van der Waals surface area contributed by atoms with Crippen molar-refractivity contribution in [1.82, 2.24) is 10.3 Å². The van der Waals surface area contributed by atoms with Crippen LogP contribution in [0.1, 0.15) is 28.9 Å². The van der Waals surface area contributed by atoms with Crippen LogP contribution in [0, 0.1) is 9.39 Å². The summed E-state index contributed by atoms with van der Waals surface area (Å²) in [5, 5.41) is 2.69. The molecule has 0 saturated heterocycles. The number of nitrogens with zero attached hydrogens (tertiary/aromatic N) is 1. The summed E-state index contributed by atoms with van der Waals surface area (Å²) < 4.78 is 18.9. The van der Waals surface area contributed by atoms with Gasteiger partial charge in [-0.3, -0.25) is 4.79 Å². The lowest BCUT2D eigenvalue weighted by Gasteiger charge is -2.05. The van der Waals surface area contributed by atoms with Gasteiger partial charge in [0.2, 0.25) is 5.89 Å². The molecular formula is C13H12FIN2O2. The number of nitrogens with one attached hydrogen (secondary N) is 1. The minimum Gasteiger partial charge on any atom is -0.444 e. The average Bonchev–Trinajstić information content (AvgIpc) is 2.84. The Morgan fingerprint density at radius 2 is 2.32 bits per heavy atom. The first kappa shape index (κ1) is 14.0. The number of oxazole rings is 1. The molecule has 19 heavy (non-hydrogen) atoms. The van der Waals surface area contributed by atoms with Crippen LogP contribution in [0.25, 0.3) is 0 Å². The summed E-state index contributed by atoms with van der Waals surface area (Å²) in [6.45, 7) is 2.18. The summed E-state index contributed by atoms with van der Waals surface area (Å²) in [4.78, 5) is 16.0. The van der Waals surface area contributed by atoms with Crippen LogP contribution in [0.3, 0.4) is 0 Å². The van der Waals surface area contributed by atoms with Gasteiger partial charge >= 0.3 is 0 Å². The van der Waals surface area contributed by atoms with Gasteiger partial charge in [-0.2, -0.15) is 0 Å². The van der Waals surface area contributed by atoms with Gasteiger partial charge in [0.15, 0.2) is 0 Å². The lowest BCUT2D eigenvalue weighted by Crippen LogP contribution is -2.23. The maximum Gasteiger partial charge on any atom is 0.252 e. The van der Waals surface area contributed by atoms with Gasteiger partial charge in [0.25, 0.3) is 5.91 Å². The molecule has 2 rings (SSSR count). The van der Waals surface area contributed by atoms with E-state index >= 15 is 0 Å². The van der Waals surface area contributed by atoms with Gasteiger partial charge in [0.05, 0.1) is 18.3 Å². The molecule has 1 heterocycles. The average molecular weight is 374 g/mol. The summed E-state index contributed by atoms with van der Waals surface area (Å²) in [6.07, 6.45) is 2.40. The number of amides is 1. The third-order valence-corrected chi connectivity index (χ3v) is 3.42. The Bertz CT molecular complexity index is 598. The van der Waals surface area contributed by atoms with Crippen molar-refractivity contribution in [2.45, 2.75) is 19.9 Å². The smallest absolute Gasteiger partial charge is 0.252 e. The Hall–Kier alpha value is -1.44. The SMILES string of the molecule is CCc1cnc(CNC(=O)c2ccc(F)cc2I)o1. The second kappa shape index (κ2) is 6.14. The van der Waals surface area contributed by atoms with Crippen LogP contribution in [-0.2, 0) is 13.0 Å². The number of carbonyl (C=O) groups is 1. The van der Waals surface area contributed by atoms with E-state index in [1.54, 1.807) is 6.20 Å². The second-order valence-corrected chi connectivity index (χ2v) is 5.04. The fraction of sp³-hybridized carbons (Fsp3) is 0.231. The van der Waals surface area contributed by atoms with E-state index in [1.165, 1.54) is 18.2 Å². The molecule has 4 nitrogen and oxygen atoms in total. The van der Waals surface area contributed by atoms with Crippen molar-refractivity contribution in [3.63, 3.8) is 0 Å². The summed E-state index contributed by atoms with van der Waals surface area (Å²) in [7, 11) is 0. The van der Waals surface area contributed by atoms with Crippen LogP contribution in [-0.4, -0.2) is 10.9 Å². The van der Waals surface area contributed by atoms with Crippen molar-refractivity contribution in [1.29, 1.82) is 0 Å². The summed E-state index contributed by atoms with van der Waals surface area (Å²) >= 11 is 1.93. The van der Waals surface area contributed by atoms with E-state index in [1.807, 2.05) is 29.5 Å². The maximum atomic E-state index is 12.9. The molecule has 0 fully saturated rings. The van der Waals surface area contributed by atoms with Crippen LogP contribution in [0.5, 0.6) is 0 Å². The number of carbonyl (C=O) groups excluding carboxylic acids is 1. The van der Waals surface area contributed by atoms with Gasteiger partial charge in [0.1, 0.15) is 11.6 Å². The molecule has 100 valence electrons. The zero-order chi connectivity index (χ0) is 13.8. The monoisotopic (exact) mass is 374 g/mol. The van der Waals surface area contributed by atoms with E-state index in [2.05, 4.69) is 10.3 Å². The molecule has 0 unspecified atom stereocenters. The van der Waals surface area contributed by atoms with Gasteiger partial charge in [-0.1, -0.05) is 6.92 Å². The predicted molar refractivity (Wildman–Crippen MR) is 76.2 cm³/mol. The fourth-order valence-corrected chi connectivity index (χ4v) is 2.24. The first-order valence-electron chi connectivity index (χ1n) is 5.77. The van der Waals surface area contributed by atoms with E-state index in [0.29, 0.717) is 15.0 Å². The van der Waals surface area contributed by atoms with Gasteiger partial charge in [-0.05, 0) is 40.8 Å². The molecule has 1 N–H and O–H groups in total. The maximum absolute atomic E-state index is 12.9. The molecule has 0 aliphatic rings. The van der Waals surface area contributed by atoms with Crippen molar-refractivity contribution in [2.24, 2.45) is 0 Å². The molecule has 0 aliphatic carbocycles. The Labute approximate surface area is 123 Å². The van der Waals surface area contributed by atoms with E-state index in [9.17, 15) is 9.18 Å². The van der Waals surface area contributed by atoms with Crippen molar-refractivity contribution >= 4 is 28.5 Å². The Morgan fingerprint density at radius 3 is 2.95 bits per heavy atom. The number of hydrogen-bond acceptors (Lipinski definition) is 3. The Kier molecular flexibility index (Phi) is 4.52. The lowest BCUT2D eigenvalue weighted by molar-refractivity contribution is 0.0946. The molecule has 0 saturated carbocycles. The van der Waals surface area contributed by atoms with Gasteiger partial charge in [-0.15, -0.1) is 0 Å². The van der Waals surface area contributed by atoms with E-state index in [0.717, 1.165) is 12.2 Å². The first-order chi connectivity index (χ1) is 9.10. The fourth-order valence-electron chi connectivity index (χ4n) is 1.52. The predicted octanol–water partition coefficient (Wildman–Crippen LogP) is 2.91. The third kappa shape index (κ3) is 3.52. The van der Waals surface area contributed by atoms with Gasteiger partial charge in [-0.25, -0.2) is 9.37 Å². The van der Waals surface area contributed by atoms with Gasteiger partial charge in [0, 0.05) is 9.99 Å². The molecule has 0 spiro atoms. The lowest BCUT2D eigenvalue weighted by atomic mass is 10.2. The molecule has 1 aromatic heterocycles. The van der Waals surface area contributed by atoms with E-state index in [4.69, 9.17) is 4.42 Å². The van der Waals surface area contributed by atoms with Gasteiger partial charge < -0.3 is 9.73 Å². The number of aromatic nitrogens is 1. The zero-order valence-electron chi connectivity index (χ0n) is 10.2.